The summed E-state index contributed by atoms with van der Waals surface area (Å²) >= 11 is -2.13. The second-order valence-corrected chi connectivity index (χ2v) is 27.4. The molecule has 31 heavy (non-hydrogen) atoms. The Morgan fingerprint density at radius 3 is 1.84 bits per heavy atom. The van der Waals surface area contributed by atoms with Crippen molar-refractivity contribution in [2.75, 3.05) is 0 Å². The van der Waals surface area contributed by atoms with E-state index in [0.29, 0.717) is 9.53 Å². The van der Waals surface area contributed by atoms with Gasteiger partial charge in [-0.1, -0.05) is 0 Å². The SMILES string of the molecule is CCCCCCCCCC(=O)[NH][Zr+2]([CH]1c2ccccc2-c2ccccc21)[SiH](C)C.[Cl-].[Cl-]. The van der Waals surface area contributed by atoms with Crippen molar-refractivity contribution in [3.05, 3.63) is 59.7 Å². The van der Waals surface area contributed by atoms with Crippen molar-refractivity contribution in [2.24, 2.45) is 0 Å². The smallest absolute Gasteiger partial charge is 1.00 e. The summed E-state index contributed by atoms with van der Waals surface area (Å²) < 4.78 is 4.17. The molecule has 1 aliphatic carbocycles. The molecule has 0 radical (unpaired) electrons. The molecule has 0 fully saturated rings. The summed E-state index contributed by atoms with van der Waals surface area (Å²) in [4.78, 5) is 12.8. The third-order valence-corrected chi connectivity index (χ3v) is 23.8. The Morgan fingerprint density at radius 2 is 1.32 bits per heavy atom. The molecule has 0 saturated carbocycles. The van der Waals surface area contributed by atoms with Crippen LogP contribution in [0.3, 0.4) is 0 Å². The van der Waals surface area contributed by atoms with Crippen molar-refractivity contribution in [3.8, 4) is 11.1 Å². The molecule has 0 aliphatic heterocycles. The van der Waals surface area contributed by atoms with E-state index >= 15 is 0 Å². The second-order valence-electron chi connectivity index (χ2n) is 8.64. The van der Waals surface area contributed by atoms with Crippen LogP contribution in [0.1, 0.15) is 73.0 Å². The van der Waals surface area contributed by atoms with Gasteiger partial charge < -0.3 is 24.8 Å². The molecule has 2 aromatic carbocycles. The van der Waals surface area contributed by atoms with E-state index in [1.54, 1.807) is 0 Å². The quantitative estimate of drug-likeness (QED) is 0.318. The first-order valence-corrected chi connectivity index (χ1v) is 21.3. The second kappa shape index (κ2) is 14.7. The van der Waals surface area contributed by atoms with Gasteiger partial charge in [-0.15, -0.1) is 0 Å². The zero-order chi connectivity index (χ0) is 20.6. The molecule has 1 N–H and O–H groups in total. The number of benzene rings is 2. The summed E-state index contributed by atoms with van der Waals surface area (Å²) in [6.45, 7) is 7.16. The standard InChI is InChI=1S/C13H9.C10H21NO.C2H7Si.2ClH.Zr/c1-3-7-12-10(5-1)9-11-6-2-4-8-13(11)12;1-2-3-4-5-6-7-8-9-10(11)12;1-3-2;;;/h1-9H;2-9H2,1H3,(H2,11,12);3H,1-2H3;2*1H;/q;;;;;+3/p-3. The van der Waals surface area contributed by atoms with Gasteiger partial charge in [0.25, 0.3) is 0 Å². The average molecular weight is 557 g/mol. The Hall–Kier alpha value is -0.410. The minimum absolute atomic E-state index is 0. The Morgan fingerprint density at radius 1 is 0.839 bits per heavy atom. The van der Waals surface area contributed by atoms with Gasteiger partial charge in [0.1, 0.15) is 0 Å². The molecule has 2 aromatic rings. The van der Waals surface area contributed by atoms with E-state index in [4.69, 9.17) is 0 Å². The van der Waals surface area contributed by atoms with Crippen LogP contribution in [0.2, 0.25) is 13.1 Å². The Balaban J connectivity index is 0.00000240. The van der Waals surface area contributed by atoms with Gasteiger partial charge >= 0.3 is 187 Å². The molecule has 0 atom stereocenters. The number of halogens is 2. The fourth-order valence-electron chi connectivity index (χ4n) is 4.51. The number of fused-ring (bicyclic) bond motifs is 3. The average Bonchev–Trinajstić information content (AvgIpc) is 3.05. The van der Waals surface area contributed by atoms with Gasteiger partial charge in [0, 0.05) is 0 Å². The number of carbonyl (C=O) groups is 1. The molecule has 6 heteroatoms. The van der Waals surface area contributed by atoms with E-state index in [2.05, 4.69) is 71.8 Å². The van der Waals surface area contributed by atoms with Gasteiger partial charge in [0.2, 0.25) is 0 Å². The monoisotopic (exact) mass is 554 g/mol. The summed E-state index contributed by atoms with van der Waals surface area (Å²) in [6, 6.07) is 17.8. The molecular weight excluding hydrogens is 520 g/mol. The van der Waals surface area contributed by atoms with Crippen molar-refractivity contribution >= 4 is 11.8 Å². The molecular formula is C25H36Cl2NOSiZr. The summed E-state index contributed by atoms with van der Waals surface area (Å²) in [6.07, 6.45) is 9.55. The number of carbonyl (C=O) groups excluding carboxylic acids is 1. The summed E-state index contributed by atoms with van der Waals surface area (Å²) in [5.41, 5.74) is 5.73. The van der Waals surface area contributed by atoms with Gasteiger partial charge in [-0.3, -0.25) is 0 Å². The number of nitrogens with one attached hydrogen (secondary N) is 1. The zero-order valence-electron chi connectivity index (χ0n) is 19.1. The maximum atomic E-state index is 12.8. The maximum absolute atomic E-state index is 12.8. The molecule has 2 nitrogen and oxygen atoms in total. The molecule has 0 saturated heterocycles. The van der Waals surface area contributed by atoms with Gasteiger partial charge in [-0.25, -0.2) is 0 Å². The van der Waals surface area contributed by atoms with Gasteiger partial charge in [-0.05, 0) is 0 Å². The fourth-order valence-corrected chi connectivity index (χ4v) is 19.9. The largest absolute Gasteiger partial charge is 1.00 e. The summed E-state index contributed by atoms with van der Waals surface area (Å²) in [5, 5.41) is 0. The van der Waals surface area contributed by atoms with Crippen LogP contribution in [-0.2, 0) is 26.0 Å². The van der Waals surface area contributed by atoms with Gasteiger partial charge in [-0.2, -0.15) is 0 Å². The van der Waals surface area contributed by atoms with Crippen molar-refractivity contribution in [3.63, 3.8) is 0 Å². The molecule has 3 rings (SSSR count). The fraction of sp³-hybridized carbons (Fsp3) is 0.480. The van der Waals surface area contributed by atoms with E-state index in [1.165, 1.54) is 60.8 Å². The van der Waals surface area contributed by atoms with Gasteiger partial charge in [0.05, 0.1) is 0 Å². The third kappa shape index (κ3) is 7.56. The van der Waals surface area contributed by atoms with Crippen LogP contribution in [0.15, 0.2) is 48.5 Å². The molecule has 0 heterocycles. The molecule has 0 spiro atoms. The third-order valence-electron chi connectivity index (χ3n) is 6.06. The van der Waals surface area contributed by atoms with Crippen LogP contribution < -0.4 is 28.1 Å². The molecule has 1 aliphatic rings. The van der Waals surface area contributed by atoms with Crippen LogP contribution in [-0.4, -0.2) is 11.8 Å². The first-order valence-electron chi connectivity index (χ1n) is 11.5. The minimum atomic E-state index is -2.13. The van der Waals surface area contributed by atoms with Crippen LogP contribution in [0.5, 0.6) is 0 Å². The van der Waals surface area contributed by atoms with Crippen molar-refractivity contribution in [1.29, 1.82) is 0 Å². The number of rotatable bonds is 11. The first-order chi connectivity index (χ1) is 14.1. The first kappa shape index (κ1) is 28.6. The van der Waals surface area contributed by atoms with E-state index in [-0.39, 0.29) is 24.8 Å². The molecule has 0 unspecified atom stereocenters. The summed E-state index contributed by atoms with van der Waals surface area (Å²) in [5.74, 6) is -0.578. The Labute approximate surface area is 210 Å². The number of hydrogen-bond acceptors (Lipinski definition) is 1. The van der Waals surface area contributed by atoms with Crippen LogP contribution in [0.25, 0.3) is 11.1 Å². The van der Waals surface area contributed by atoms with Crippen molar-refractivity contribution < 1.29 is 50.8 Å². The molecule has 1 amide bonds. The minimum Gasteiger partial charge on any atom is -1.00 e. The number of amides is 1. The predicted octanol–water partition coefficient (Wildman–Crippen LogP) is 0.538. The molecule has 0 aromatic heterocycles. The molecule has 169 valence electrons. The zero-order valence-corrected chi connectivity index (χ0v) is 24.2. The van der Waals surface area contributed by atoms with Gasteiger partial charge in [0.15, 0.2) is 0 Å². The topological polar surface area (TPSA) is 29.1 Å². The number of hydrogen-bond donors (Lipinski definition) is 1. The number of unbranched alkanes of at least 4 members (excludes halogenated alkanes) is 6. The maximum Gasteiger partial charge on any atom is -1.00 e. The van der Waals surface area contributed by atoms with Crippen molar-refractivity contribution in [1.82, 2.24) is 3.26 Å². The summed E-state index contributed by atoms with van der Waals surface area (Å²) in [7, 11) is 0. The molecule has 0 bridgehead atoms. The van der Waals surface area contributed by atoms with Crippen LogP contribution in [0.4, 0.5) is 0 Å². The van der Waals surface area contributed by atoms with E-state index < -0.39 is 27.1 Å². The van der Waals surface area contributed by atoms with E-state index in [1.807, 2.05) is 0 Å². The van der Waals surface area contributed by atoms with Crippen LogP contribution in [0, 0.1) is 0 Å². The normalized spacial score (nSPS) is 11.9. The van der Waals surface area contributed by atoms with Crippen LogP contribution >= 0.6 is 0 Å². The van der Waals surface area contributed by atoms with E-state index in [0.717, 1.165) is 12.8 Å². The Bertz CT molecular complexity index is 772. The van der Waals surface area contributed by atoms with E-state index in [9.17, 15) is 4.79 Å². The Kier molecular flexibility index (Phi) is 13.6. The van der Waals surface area contributed by atoms with Crippen molar-refractivity contribution in [2.45, 2.75) is 75.0 Å². The predicted molar refractivity (Wildman–Crippen MR) is 123 cm³/mol.